The molecule has 0 unspecified atom stereocenters. The van der Waals surface area contributed by atoms with Crippen molar-refractivity contribution in [3.63, 3.8) is 0 Å². The Hall–Kier alpha value is -2.38. The van der Waals surface area contributed by atoms with Gasteiger partial charge in [0.2, 0.25) is 5.78 Å². The van der Waals surface area contributed by atoms with Crippen molar-refractivity contribution in [1.82, 2.24) is 19.7 Å². The second-order valence-corrected chi connectivity index (χ2v) is 10.9. The number of aromatic nitrogens is 4. The lowest BCUT2D eigenvalue weighted by molar-refractivity contribution is 0.104. The Bertz CT molecular complexity index is 1260. The van der Waals surface area contributed by atoms with Crippen molar-refractivity contribution in [2.24, 2.45) is 11.1 Å². The first-order valence-corrected chi connectivity index (χ1v) is 12.9. The zero-order chi connectivity index (χ0) is 23.6. The van der Waals surface area contributed by atoms with Gasteiger partial charge in [-0.15, -0.1) is 11.3 Å². The Kier molecular flexibility index (Phi) is 7.10. The summed E-state index contributed by atoms with van der Waals surface area (Å²) < 4.78 is 28.5. The number of hydrogen-bond donors (Lipinski definition) is 2. The molecule has 3 heterocycles. The average molecular weight is 511 g/mol. The van der Waals surface area contributed by atoms with E-state index in [0.29, 0.717) is 34.2 Å². The number of anilines is 1. The molecular weight excluding hydrogens is 488 g/mol. The van der Waals surface area contributed by atoms with Crippen LogP contribution < -0.4 is 10.5 Å². The van der Waals surface area contributed by atoms with Gasteiger partial charge in [0.15, 0.2) is 0 Å². The van der Waals surface area contributed by atoms with Crippen LogP contribution in [0.4, 0.5) is 5.82 Å². The molecule has 176 valence electrons. The summed E-state index contributed by atoms with van der Waals surface area (Å²) in [7, 11) is -3.95. The third-order valence-electron chi connectivity index (χ3n) is 5.49. The number of nitrogens with one attached hydrogen (secondary N) is 1. The lowest BCUT2D eigenvalue weighted by Crippen LogP contribution is -2.22. The number of carbonyl (C=O) groups is 1. The zero-order valence-electron chi connectivity index (χ0n) is 17.8. The first kappa shape index (κ1) is 23.8. The van der Waals surface area contributed by atoms with Gasteiger partial charge in [-0.25, -0.2) is 15.1 Å². The Morgan fingerprint density at radius 2 is 2.21 bits per heavy atom. The highest BCUT2D eigenvalue weighted by atomic mass is 35.5. The highest BCUT2D eigenvalue weighted by Crippen LogP contribution is 2.31. The molecular formula is C20H23ClN6O4S2. The zero-order valence-corrected chi connectivity index (χ0v) is 20.2. The van der Waals surface area contributed by atoms with Gasteiger partial charge in [0, 0.05) is 23.3 Å². The summed E-state index contributed by atoms with van der Waals surface area (Å²) in [6, 6.07) is 1.90. The molecule has 10 nitrogen and oxygen atoms in total. The molecule has 0 saturated heterocycles. The van der Waals surface area contributed by atoms with Gasteiger partial charge in [-0.3, -0.25) is 13.7 Å². The van der Waals surface area contributed by atoms with Crippen molar-refractivity contribution < 1.29 is 17.4 Å². The molecule has 0 spiro atoms. The van der Waals surface area contributed by atoms with Gasteiger partial charge in [-0.1, -0.05) is 11.6 Å². The molecule has 1 fully saturated rings. The number of rotatable bonds is 9. The monoisotopic (exact) mass is 510 g/mol. The minimum Gasteiger partial charge on any atom is -0.367 e. The Morgan fingerprint density at radius 3 is 2.94 bits per heavy atom. The first-order chi connectivity index (χ1) is 15.7. The van der Waals surface area contributed by atoms with Gasteiger partial charge < -0.3 is 5.32 Å². The Morgan fingerprint density at radius 1 is 1.39 bits per heavy atom. The molecule has 0 amide bonds. The topological polar surface area (TPSA) is 142 Å². The van der Waals surface area contributed by atoms with Crippen LogP contribution >= 0.6 is 22.9 Å². The Balaban J connectivity index is 1.45. The number of thiophene rings is 1. The van der Waals surface area contributed by atoms with Crippen LogP contribution in [0, 0.1) is 12.8 Å². The summed E-state index contributed by atoms with van der Waals surface area (Å²) in [5.74, 6) is 0.350. The molecule has 1 aliphatic rings. The molecule has 0 aliphatic heterocycles. The molecule has 0 radical (unpaired) electrons. The fraction of sp³-hybridized carbons (Fsp3) is 0.400. The molecule has 1 saturated carbocycles. The lowest BCUT2D eigenvalue weighted by Gasteiger charge is -2.15. The van der Waals surface area contributed by atoms with Gasteiger partial charge in [0.1, 0.15) is 12.1 Å². The van der Waals surface area contributed by atoms with E-state index in [1.165, 1.54) is 23.9 Å². The van der Waals surface area contributed by atoms with Crippen LogP contribution in [0.2, 0.25) is 5.02 Å². The van der Waals surface area contributed by atoms with Crippen LogP contribution in [-0.4, -0.2) is 46.6 Å². The van der Waals surface area contributed by atoms with Crippen LogP contribution in [0.25, 0.3) is 0 Å². The maximum atomic E-state index is 13.3. The van der Waals surface area contributed by atoms with Crippen LogP contribution in [0.5, 0.6) is 0 Å². The Labute approximate surface area is 200 Å². The van der Waals surface area contributed by atoms with Gasteiger partial charge in [-0.2, -0.15) is 13.5 Å². The summed E-state index contributed by atoms with van der Waals surface area (Å²) in [6.07, 6.45) is 8.47. The number of carbonyl (C=O) groups excluding carboxylic acids is 1. The number of ketones is 1. The molecule has 1 aliphatic carbocycles. The number of nitrogens with zero attached hydrogens (tertiary/aromatic N) is 4. The average Bonchev–Trinajstić information content (AvgIpc) is 3.47. The van der Waals surface area contributed by atoms with Crippen LogP contribution in [0.15, 0.2) is 31.0 Å². The summed E-state index contributed by atoms with van der Waals surface area (Å²) >= 11 is 7.35. The molecule has 0 bridgehead atoms. The summed E-state index contributed by atoms with van der Waals surface area (Å²) in [6.45, 7) is 2.53. The predicted octanol–water partition coefficient (Wildman–Crippen LogP) is 2.78. The smallest absolute Gasteiger partial charge is 0.333 e. The van der Waals surface area contributed by atoms with Crippen molar-refractivity contribution in [3.8, 4) is 0 Å². The molecule has 3 aromatic heterocycles. The largest absolute Gasteiger partial charge is 0.367 e. The fourth-order valence-corrected chi connectivity index (χ4v) is 5.40. The van der Waals surface area contributed by atoms with Crippen molar-refractivity contribution in [1.29, 1.82) is 0 Å². The highest BCUT2D eigenvalue weighted by molar-refractivity contribution is 7.84. The maximum absolute atomic E-state index is 13.3. The molecule has 2 atom stereocenters. The van der Waals surface area contributed by atoms with E-state index >= 15 is 0 Å². The van der Waals surface area contributed by atoms with E-state index in [1.807, 2.05) is 13.0 Å². The summed E-state index contributed by atoms with van der Waals surface area (Å²) in [4.78, 5) is 23.2. The van der Waals surface area contributed by atoms with E-state index in [2.05, 4.69) is 20.4 Å². The molecule has 33 heavy (non-hydrogen) atoms. The molecule has 3 aromatic rings. The second-order valence-electron chi connectivity index (χ2n) is 7.96. The number of halogens is 1. The van der Waals surface area contributed by atoms with Gasteiger partial charge in [0.25, 0.3) is 0 Å². The van der Waals surface area contributed by atoms with E-state index in [1.54, 1.807) is 17.1 Å². The fourth-order valence-electron chi connectivity index (χ4n) is 3.87. The van der Waals surface area contributed by atoms with E-state index in [4.69, 9.17) is 20.9 Å². The van der Waals surface area contributed by atoms with Gasteiger partial charge >= 0.3 is 10.3 Å². The van der Waals surface area contributed by atoms with E-state index in [9.17, 15) is 13.2 Å². The van der Waals surface area contributed by atoms with E-state index in [0.717, 1.165) is 23.3 Å². The number of hydrogen-bond acceptors (Lipinski definition) is 9. The third-order valence-corrected chi connectivity index (χ3v) is 7.24. The van der Waals surface area contributed by atoms with Crippen molar-refractivity contribution in [2.45, 2.75) is 38.8 Å². The van der Waals surface area contributed by atoms with Crippen LogP contribution in [0.3, 0.4) is 0 Å². The highest BCUT2D eigenvalue weighted by Gasteiger charge is 2.28. The predicted molar refractivity (Wildman–Crippen MR) is 125 cm³/mol. The minimum absolute atomic E-state index is 0.0331. The maximum Gasteiger partial charge on any atom is 0.333 e. The van der Waals surface area contributed by atoms with Crippen LogP contribution in [-0.2, 0) is 21.0 Å². The number of nitrogens with two attached hydrogens (primary N) is 1. The lowest BCUT2D eigenvalue weighted by atomic mass is 10.1. The van der Waals surface area contributed by atoms with E-state index in [-0.39, 0.29) is 24.3 Å². The van der Waals surface area contributed by atoms with Gasteiger partial charge in [0.05, 0.1) is 34.8 Å². The van der Waals surface area contributed by atoms with Crippen molar-refractivity contribution in [2.75, 3.05) is 11.9 Å². The van der Waals surface area contributed by atoms with Crippen molar-refractivity contribution >= 4 is 44.8 Å². The quantitative estimate of drug-likeness (QED) is 0.418. The summed E-state index contributed by atoms with van der Waals surface area (Å²) in [5.41, 5.74) is 1.37. The standard InChI is InChI=1S/C20H23ClN6O4S2/c1-12-14(8-27-9-15(21)6-25-27)5-18(32-12)19(28)17-7-23-11-24-20(17)26-16-3-2-13(4-16)10-31-33(22,29)30/h5-7,9,11,13,16H,2-4,8,10H2,1H3,(H2,22,29,30)(H,23,24,26)/t13-,16+/m1/s1. The second kappa shape index (κ2) is 9.85. The molecule has 13 heteroatoms. The number of aryl methyl sites for hydroxylation is 1. The van der Waals surface area contributed by atoms with Gasteiger partial charge in [-0.05, 0) is 43.7 Å². The van der Waals surface area contributed by atoms with Crippen molar-refractivity contribution in [3.05, 3.63) is 56.9 Å². The molecule has 0 aromatic carbocycles. The SMILES string of the molecule is Cc1sc(C(=O)c2cncnc2N[C@H]2CC[C@@H](COS(N)(=O)=O)C2)cc1Cn1cc(Cl)cn1. The minimum atomic E-state index is -3.95. The molecule has 4 rings (SSSR count). The van der Waals surface area contributed by atoms with Crippen LogP contribution in [0.1, 0.15) is 44.9 Å². The first-order valence-electron chi connectivity index (χ1n) is 10.2. The van der Waals surface area contributed by atoms with E-state index < -0.39 is 10.3 Å². The third kappa shape index (κ3) is 6.15. The normalized spacial score (nSPS) is 18.5. The molecule has 3 N–H and O–H groups in total. The summed E-state index contributed by atoms with van der Waals surface area (Å²) in [5, 5.41) is 13.0.